The van der Waals surface area contributed by atoms with Gasteiger partial charge in [0.25, 0.3) is 0 Å². The Morgan fingerprint density at radius 2 is 2.19 bits per heavy atom. The lowest BCUT2D eigenvalue weighted by molar-refractivity contribution is -0.138. The fraction of sp³-hybridized carbons (Fsp3) is 0.250. The minimum Gasteiger partial charge on any atom is -0.480 e. The van der Waals surface area contributed by atoms with Crippen molar-refractivity contribution in [2.24, 2.45) is 0 Å². The molecule has 0 aliphatic heterocycles. The minimum absolute atomic E-state index is 0.0166. The molecule has 0 fully saturated rings. The fourth-order valence-electron chi connectivity index (χ4n) is 1.43. The topological polar surface area (TPSA) is 40.5 Å². The molecule has 0 unspecified atom stereocenters. The highest BCUT2D eigenvalue weighted by Crippen LogP contribution is 2.16. The molecule has 1 aromatic carbocycles. The van der Waals surface area contributed by atoms with Crippen LogP contribution in [-0.2, 0) is 11.3 Å². The molecule has 0 saturated heterocycles. The maximum absolute atomic E-state index is 10.7. The maximum Gasteiger partial charge on any atom is 0.317 e. The molecule has 1 N–H and O–H groups in total. The zero-order chi connectivity index (χ0) is 12.0. The number of nitrogens with zero attached hydrogens (tertiary/aromatic N) is 1. The van der Waals surface area contributed by atoms with Crippen LogP contribution in [0.5, 0.6) is 0 Å². The average Bonchev–Trinajstić information content (AvgIpc) is 2.21. The standard InChI is InChI=1S/C12H14ClNO2/c1-2-7-14(9-12(15)16)8-10-5-3-4-6-11(10)13/h2-6H,1,7-9H2,(H,15,16). The van der Waals surface area contributed by atoms with E-state index in [0.29, 0.717) is 18.1 Å². The number of carbonyl (C=O) groups is 1. The van der Waals surface area contributed by atoms with E-state index in [4.69, 9.17) is 16.7 Å². The summed E-state index contributed by atoms with van der Waals surface area (Å²) < 4.78 is 0. The molecule has 0 heterocycles. The van der Waals surface area contributed by atoms with Crippen LogP contribution in [0.25, 0.3) is 0 Å². The predicted octanol–water partition coefficient (Wildman–Crippen LogP) is 2.41. The minimum atomic E-state index is -0.853. The molecule has 0 radical (unpaired) electrons. The zero-order valence-electron chi connectivity index (χ0n) is 8.90. The lowest BCUT2D eigenvalue weighted by Crippen LogP contribution is -2.29. The molecule has 0 bridgehead atoms. The molecular weight excluding hydrogens is 226 g/mol. The van der Waals surface area contributed by atoms with E-state index in [9.17, 15) is 4.79 Å². The van der Waals surface area contributed by atoms with E-state index in [1.54, 1.807) is 17.0 Å². The number of hydrogen-bond donors (Lipinski definition) is 1. The van der Waals surface area contributed by atoms with Gasteiger partial charge in [-0.15, -0.1) is 6.58 Å². The van der Waals surface area contributed by atoms with Crippen molar-refractivity contribution < 1.29 is 9.90 Å². The van der Waals surface area contributed by atoms with Crippen LogP contribution in [0.3, 0.4) is 0 Å². The highest BCUT2D eigenvalue weighted by molar-refractivity contribution is 6.31. The van der Waals surface area contributed by atoms with Crippen molar-refractivity contribution in [3.63, 3.8) is 0 Å². The van der Waals surface area contributed by atoms with E-state index in [1.807, 2.05) is 18.2 Å². The highest BCUT2D eigenvalue weighted by atomic mass is 35.5. The third kappa shape index (κ3) is 4.04. The van der Waals surface area contributed by atoms with E-state index in [2.05, 4.69) is 6.58 Å². The Kier molecular flexibility index (Phi) is 5.02. The van der Waals surface area contributed by atoms with Gasteiger partial charge in [0.15, 0.2) is 0 Å². The normalized spacial score (nSPS) is 10.4. The lowest BCUT2D eigenvalue weighted by Gasteiger charge is -2.18. The Morgan fingerprint density at radius 3 is 2.75 bits per heavy atom. The van der Waals surface area contributed by atoms with Gasteiger partial charge in [0, 0.05) is 18.1 Å². The number of rotatable bonds is 6. The maximum atomic E-state index is 10.7. The summed E-state index contributed by atoms with van der Waals surface area (Å²) in [5, 5.41) is 9.40. The first kappa shape index (κ1) is 12.7. The molecular formula is C12H14ClNO2. The number of carboxylic acid groups (broad SMARTS) is 1. The Hall–Kier alpha value is -1.32. The van der Waals surface area contributed by atoms with Crippen LogP contribution in [0.4, 0.5) is 0 Å². The molecule has 0 atom stereocenters. The van der Waals surface area contributed by atoms with Gasteiger partial charge < -0.3 is 5.11 Å². The van der Waals surface area contributed by atoms with Crippen molar-refractivity contribution in [1.29, 1.82) is 0 Å². The van der Waals surface area contributed by atoms with Gasteiger partial charge in [0.2, 0.25) is 0 Å². The van der Waals surface area contributed by atoms with Crippen LogP contribution < -0.4 is 0 Å². The molecule has 0 saturated carbocycles. The Bertz CT molecular complexity index is 379. The summed E-state index contributed by atoms with van der Waals surface area (Å²) in [5.74, 6) is -0.853. The number of benzene rings is 1. The van der Waals surface area contributed by atoms with Crippen LogP contribution in [0.1, 0.15) is 5.56 Å². The summed E-state index contributed by atoms with van der Waals surface area (Å²) in [6.45, 7) is 4.62. The molecule has 0 aromatic heterocycles. The van der Waals surface area contributed by atoms with E-state index < -0.39 is 5.97 Å². The van der Waals surface area contributed by atoms with Crippen molar-refractivity contribution >= 4 is 17.6 Å². The summed E-state index contributed by atoms with van der Waals surface area (Å²) in [6.07, 6.45) is 1.68. The first-order chi connectivity index (χ1) is 7.63. The first-order valence-corrected chi connectivity index (χ1v) is 5.29. The largest absolute Gasteiger partial charge is 0.480 e. The van der Waals surface area contributed by atoms with E-state index in [1.165, 1.54) is 0 Å². The fourth-order valence-corrected chi connectivity index (χ4v) is 1.62. The van der Waals surface area contributed by atoms with Crippen molar-refractivity contribution in [2.45, 2.75) is 6.54 Å². The molecule has 86 valence electrons. The summed E-state index contributed by atoms with van der Waals surface area (Å²) in [4.78, 5) is 12.4. The van der Waals surface area contributed by atoms with Gasteiger partial charge in [-0.25, -0.2) is 0 Å². The third-order valence-electron chi connectivity index (χ3n) is 2.10. The van der Waals surface area contributed by atoms with E-state index >= 15 is 0 Å². The van der Waals surface area contributed by atoms with Gasteiger partial charge >= 0.3 is 5.97 Å². The smallest absolute Gasteiger partial charge is 0.317 e. The molecule has 16 heavy (non-hydrogen) atoms. The average molecular weight is 240 g/mol. The zero-order valence-corrected chi connectivity index (χ0v) is 9.65. The molecule has 0 spiro atoms. The Balaban J connectivity index is 2.71. The molecule has 1 aromatic rings. The van der Waals surface area contributed by atoms with Crippen molar-refractivity contribution in [3.05, 3.63) is 47.5 Å². The third-order valence-corrected chi connectivity index (χ3v) is 2.47. The highest BCUT2D eigenvalue weighted by Gasteiger charge is 2.10. The number of aliphatic carboxylic acids is 1. The van der Waals surface area contributed by atoms with E-state index in [0.717, 1.165) is 5.56 Å². The molecule has 1 rings (SSSR count). The molecule has 3 nitrogen and oxygen atoms in total. The molecule has 0 amide bonds. The lowest BCUT2D eigenvalue weighted by atomic mass is 10.2. The number of carboxylic acids is 1. The Labute approximate surface area is 100.0 Å². The monoisotopic (exact) mass is 239 g/mol. The Morgan fingerprint density at radius 1 is 1.50 bits per heavy atom. The van der Waals surface area contributed by atoms with Crippen LogP contribution in [0, 0.1) is 0 Å². The second-order valence-electron chi connectivity index (χ2n) is 3.44. The van der Waals surface area contributed by atoms with Crippen molar-refractivity contribution in [1.82, 2.24) is 4.90 Å². The summed E-state index contributed by atoms with van der Waals surface area (Å²) in [7, 11) is 0. The number of halogens is 1. The van der Waals surface area contributed by atoms with Crippen molar-refractivity contribution in [3.8, 4) is 0 Å². The first-order valence-electron chi connectivity index (χ1n) is 4.92. The van der Waals surface area contributed by atoms with Gasteiger partial charge in [-0.3, -0.25) is 9.69 Å². The predicted molar refractivity (Wildman–Crippen MR) is 64.6 cm³/mol. The van der Waals surface area contributed by atoms with E-state index in [-0.39, 0.29) is 6.54 Å². The van der Waals surface area contributed by atoms with Crippen LogP contribution >= 0.6 is 11.6 Å². The quantitative estimate of drug-likeness (QED) is 0.775. The molecule has 0 aliphatic carbocycles. The SMILES string of the molecule is C=CCN(CC(=O)O)Cc1ccccc1Cl. The molecule has 0 aliphatic rings. The molecule has 4 heteroatoms. The van der Waals surface area contributed by atoms with Gasteiger partial charge in [0.05, 0.1) is 6.54 Å². The van der Waals surface area contributed by atoms with Gasteiger partial charge in [-0.1, -0.05) is 35.9 Å². The summed E-state index contributed by atoms with van der Waals surface area (Å²) in [5.41, 5.74) is 0.923. The second kappa shape index (κ2) is 6.30. The van der Waals surface area contributed by atoms with Gasteiger partial charge in [-0.05, 0) is 11.6 Å². The van der Waals surface area contributed by atoms with Crippen molar-refractivity contribution in [2.75, 3.05) is 13.1 Å². The summed E-state index contributed by atoms with van der Waals surface area (Å²) in [6, 6.07) is 7.42. The van der Waals surface area contributed by atoms with Crippen LogP contribution in [0.2, 0.25) is 5.02 Å². The number of hydrogen-bond acceptors (Lipinski definition) is 2. The summed E-state index contributed by atoms with van der Waals surface area (Å²) >= 11 is 6.01. The van der Waals surface area contributed by atoms with Crippen LogP contribution in [-0.4, -0.2) is 29.1 Å². The second-order valence-corrected chi connectivity index (χ2v) is 3.85. The van der Waals surface area contributed by atoms with Gasteiger partial charge in [0.1, 0.15) is 0 Å². The van der Waals surface area contributed by atoms with Gasteiger partial charge in [-0.2, -0.15) is 0 Å². The van der Waals surface area contributed by atoms with Crippen LogP contribution in [0.15, 0.2) is 36.9 Å².